The molecule has 0 saturated heterocycles. The van der Waals surface area contributed by atoms with E-state index in [1.54, 1.807) is 0 Å². The van der Waals surface area contributed by atoms with Crippen molar-refractivity contribution in [3.63, 3.8) is 0 Å². The molecule has 6 heteroatoms. The molecule has 5 nitrogen and oxygen atoms in total. The first kappa shape index (κ1) is 10.9. The lowest BCUT2D eigenvalue weighted by molar-refractivity contribution is 0.215. The number of nitrogens with one attached hydrogen (secondary N) is 1. The van der Waals surface area contributed by atoms with Gasteiger partial charge in [0, 0.05) is 7.11 Å². The van der Waals surface area contributed by atoms with Gasteiger partial charge < -0.3 is 9.84 Å². The number of sulfonamides is 1. The van der Waals surface area contributed by atoms with Gasteiger partial charge in [0.15, 0.2) is 0 Å². The average molecular weight is 209 g/mol. The smallest absolute Gasteiger partial charge is 0.214 e. The van der Waals surface area contributed by atoms with E-state index in [4.69, 9.17) is 5.11 Å². The average Bonchev–Trinajstić information content (AvgIpc) is 2.81. The van der Waals surface area contributed by atoms with Crippen molar-refractivity contribution in [2.24, 2.45) is 0 Å². The molecule has 0 heterocycles. The largest absolute Gasteiger partial charge is 0.394 e. The molecule has 0 amide bonds. The monoisotopic (exact) mass is 209 g/mol. The molecule has 1 rings (SSSR count). The summed E-state index contributed by atoms with van der Waals surface area (Å²) in [4.78, 5) is 0. The Kier molecular flexibility index (Phi) is 3.28. The van der Waals surface area contributed by atoms with Crippen LogP contribution in [0.1, 0.15) is 12.8 Å². The molecule has 1 aliphatic rings. The van der Waals surface area contributed by atoms with Crippen molar-refractivity contribution in [1.82, 2.24) is 4.72 Å². The molecule has 0 bridgehead atoms. The molecule has 0 atom stereocenters. The molecule has 0 unspecified atom stereocenters. The van der Waals surface area contributed by atoms with Crippen LogP contribution in [-0.2, 0) is 14.8 Å². The molecule has 0 spiro atoms. The molecule has 0 aromatic carbocycles. The number of aliphatic hydroxyl groups excluding tert-OH is 1. The van der Waals surface area contributed by atoms with Crippen LogP contribution in [0.3, 0.4) is 0 Å². The Balaban J connectivity index is 2.43. The van der Waals surface area contributed by atoms with Gasteiger partial charge in [0.05, 0.1) is 24.5 Å². The van der Waals surface area contributed by atoms with Gasteiger partial charge in [-0.1, -0.05) is 0 Å². The molecule has 0 aliphatic heterocycles. The van der Waals surface area contributed by atoms with Crippen molar-refractivity contribution in [2.75, 3.05) is 26.1 Å². The van der Waals surface area contributed by atoms with Gasteiger partial charge in [0.2, 0.25) is 10.0 Å². The summed E-state index contributed by atoms with van der Waals surface area (Å²) in [7, 11) is -1.83. The number of hydrogen-bond donors (Lipinski definition) is 2. The fraction of sp³-hybridized carbons (Fsp3) is 1.00. The van der Waals surface area contributed by atoms with Crippen LogP contribution < -0.4 is 4.72 Å². The van der Waals surface area contributed by atoms with Crippen molar-refractivity contribution in [3.05, 3.63) is 0 Å². The predicted molar refractivity (Wildman–Crippen MR) is 47.8 cm³/mol. The van der Waals surface area contributed by atoms with Crippen molar-refractivity contribution in [2.45, 2.75) is 18.4 Å². The Hall–Kier alpha value is -0.170. The molecule has 1 aliphatic carbocycles. The zero-order valence-electron chi connectivity index (χ0n) is 7.62. The predicted octanol–water partition coefficient (Wildman–Crippen LogP) is -0.923. The lowest BCUT2D eigenvalue weighted by Gasteiger charge is -2.13. The first-order valence-corrected chi connectivity index (χ1v) is 5.80. The van der Waals surface area contributed by atoms with Crippen LogP contribution >= 0.6 is 0 Å². The molecule has 0 aromatic heterocycles. The van der Waals surface area contributed by atoms with Crippen LogP contribution in [0.2, 0.25) is 0 Å². The third kappa shape index (κ3) is 3.22. The highest BCUT2D eigenvalue weighted by molar-refractivity contribution is 7.89. The van der Waals surface area contributed by atoms with E-state index in [1.807, 2.05) is 0 Å². The minimum absolute atomic E-state index is 0.0503. The third-order valence-corrected chi connectivity index (χ3v) is 3.53. The maximum atomic E-state index is 11.3. The van der Waals surface area contributed by atoms with E-state index in [2.05, 4.69) is 9.46 Å². The lowest BCUT2D eigenvalue weighted by atomic mass is 10.3. The Bertz CT molecular complexity index is 258. The van der Waals surface area contributed by atoms with Crippen molar-refractivity contribution < 1.29 is 18.3 Å². The van der Waals surface area contributed by atoms with Crippen molar-refractivity contribution >= 4 is 10.0 Å². The van der Waals surface area contributed by atoms with Crippen molar-refractivity contribution in [1.29, 1.82) is 0 Å². The minimum atomic E-state index is -3.29. The fourth-order valence-corrected chi connectivity index (χ4v) is 2.43. The van der Waals surface area contributed by atoms with Crippen LogP contribution in [0.4, 0.5) is 0 Å². The first-order valence-electron chi connectivity index (χ1n) is 4.15. The maximum absolute atomic E-state index is 11.3. The number of hydrogen-bond acceptors (Lipinski definition) is 4. The molecule has 13 heavy (non-hydrogen) atoms. The van der Waals surface area contributed by atoms with Crippen LogP contribution in [0.5, 0.6) is 0 Å². The number of methoxy groups -OCH3 is 1. The van der Waals surface area contributed by atoms with Gasteiger partial charge in [-0.15, -0.1) is 0 Å². The summed E-state index contributed by atoms with van der Waals surface area (Å²) in [5.74, 6) is -0.0503. The van der Waals surface area contributed by atoms with E-state index in [1.165, 1.54) is 7.11 Å². The van der Waals surface area contributed by atoms with E-state index in [-0.39, 0.29) is 19.0 Å². The standard InChI is InChI=1S/C7H15NO4S/c1-12-4-5-13(10,11)8-7(6-9)2-3-7/h8-9H,2-6H2,1H3. The van der Waals surface area contributed by atoms with Gasteiger partial charge in [0.1, 0.15) is 0 Å². The van der Waals surface area contributed by atoms with Gasteiger partial charge in [-0.05, 0) is 12.8 Å². The lowest BCUT2D eigenvalue weighted by Crippen LogP contribution is -2.41. The molecule has 1 saturated carbocycles. The Labute approximate surface area is 78.1 Å². The highest BCUT2D eigenvalue weighted by Crippen LogP contribution is 2.35. The Morgan fingerprint density at radius 3 is 2.54 bits per heavy atom. The molecule has 78 valence electrons. The zero-order chi connectivity index (χ0) is 9.95. The summed E-state index contributed by atoms with van der Waals surface area (Å²) in [5.41, 5.74) is -0.563. The fourth-order valence-electron chi connectivity index (χ4n) is 1.02. The van der Waals surface area contributed by atoms with Crippen LogP contribution in [0.15, 0.2) is 0 Å². The molecule has 0 radical (unpaired) electrons. The van der Waals surface area contributed by atoms with Crippen LogP contribution in [-0.4, -0.2) is 45.1 Å². The molecule has 2 N–H and O–H groups in total. The number of rotatable bonds is 6. The number of ether oxygens (including phenoxy) is 1. The minimum Gasteiger partial charge on any atom is -0.394 e. The summed E-state index contributed by atoms with van der Waals surface area (Å²) < 4.78 is 29.7. The zero-order valence-corrected chi connectivity index (χ0v) is 8.43. The topological polar surface area (TPSA) is 75.6 Å². The molecule has 1 fully saturated rings. The van der Waals surface area contributed by atoms with Crippen LogP contribution in [0.25, 0.3) is 0 Å². The summed E-state index contributed by atoms with van der Waals surface area (Å²) >= 11 is 0. The van der Waals surface area contributed by atoms with Gasteiger partial charge >= 0.3 is 0 Å². The maximum Gasteiger partial charge on any atom is 0.214 e. The summed E-state index contributed by atoms with van der Waals surface area (Å²) in [6.45, 7) is 0.0516. The van der Waals surface area contributed by atoms with E-state index >= 15 is 0 Å². The van der Waals surface area contributed by atoms with Gasteiger partial charge in [-0.25, -0.2) is 13.1 Å². The van der Waals surface area contributed by atoms with Gasteiger partial charge in [-0.3, -0.25) is 0 Å². The van der Waals surface area contributed by atoms with Crippen LogP contribution in [0, 0.1) is 0 Å². The molecule has 0 aromatic rings. The van der Waals surface area contributed by atoms with Crippen molar-refractivity contribution in [3.8, 4) is 0 Å². The van der Waals surface area contributed by atoms with Gasteiger partial charge in [-0.2, -0.15) is 0 Å². The second-order valence-corrected chi connectivity index (χ2v) is 5.19. The quantitative estimate of drug-likeness (QED) is 0.593. The van der Waals surface area contributed by atoms with Gasteiger partial charge in [0.25, 0.3) is 0 Å². The highest BCUT2D eigenvalue weighted by atomic mass is 32.2. The normalized spacial score (nSPS) is 20.2. The second kappa shape index (κ2) is 3.91. The van der Waals surface area contributed by atoms with E-state index in [0.717, 1.165) is 12.8 Å². The van der Waals surface area contributed by atoms with E-state index in [9.17, 15) is 8.42 Å². The second-order valence-electron chi connectivity index (χ2n) is 3.35. The van der Waals surface area contributed by atoms with E-state index in [0.29, 0.717) is 0 Å². The Morgan fingerprint density at radius 2 is 2.15 bits per heavy atom. The first-order chi connectivity index (χ1) is 6.04. The highest BCUT2D eigenvalue weighted by Gasteiger charge is 2.45. The molecular formula is C7H15NO4S. The third-order valence-electron chi connectivity index (χ3n) is 2.08. The number of aliphatic hydroxyl groups is 1. The molecular weight excluding hydrogens is 194 g/mol. The summed E-state index contributed by atoms with van der Waals surface area (Å²) in [6.07, 6.45) is 1.44. The Morgan fingerprint density at radius 1 is 1.54 bits per heavy atom. The SMILES string of the molecule is COCCS(=O)(=O)NC1(CO)CC1. The summed E-state index contributed by atoms with van der Waals surface area (Å²) in [6, 6.07) is 0. The summed E-state index contributed by atoms with van der Waals surface area (Å²) in [5, 5.41) is 8.89. The van der Waals surface area contributed by atoms with E-state index < -0.39 is 15.6 Å².